The van der Waals surface area contributed by atoms with Gasteiger partial charge in [0.15, 0.2) is 0 Å². The van der Waals surface area contributed by atoms with Gasteiger partial charge in [0.05, 0.1) is 13.0 Å². The summed E-state index contributed by atoms with van der Waals surface area (Å²) in [6.07, 6.45) is 2.50. The molecule has 0 aliphatic carbocycles. The summed E-state index contributed by atoms with van der Waals surface area (Å²) < 4.78 is 4.73. The Morgan fingerprint density at radius 1 is 1.42 bits per heavy atom. The normalized spacial score (nSPS) is 20.3. The zero-order valence-corrected chi connectivity index (χ0v) is 12.7. The molecule has 1 aliphatic heterocycles. The molecule has 1 rings (SSSR count). The van der Waals surface area contributed by atoms with Crippen LogP contribution in [0, 0.1) is 11.8 Å². The van der Waals surface area contributed by atoms with Crippen molar-refractivity contribution in [2.45, 2.75) is 39.2 Å². The summed E-state index contributed by atoms with van der Waals surface area (Å²) in [6.45, 7) is 5.70. The Kier molecular flexibility index (Phi) is 8.76. The summed E-state index contributed by atoms with van der Waals surface area (Å²) in [5.74, 6) is -0.101. The quantitative estimate of drug-likeness (QED) is 0.745. The Balaban J connectivity index is 0.00000324. The van der Waals surface area contributed by atoms with Crippen LogP contribution >= 0.6 is 12.4 Å². The lowest BCUT2D eigenvalue weighted by atomic mass is 9.97. The fourth-order valence-corrected chi connectivity index (χ4v) is 2.19. The number of carbonyl (C=O) groups is 2. The van der Waals surface area contributed by atoms with Gasteiger partial charge in [-0.3, -0.25) is 4.79 Å². The highest BCUT2D eigenvalue weighted by Crippen LogP contribution is 2.12. The number of rotatable bonds is 5. The average Bonchev–Trinajstić information content (AvgIpc) is 2.37. The van der Waals surface area contributed by atoms with E-state index in [-0.39, 0.29) is 30.2 Å². The first-order chi connectivity index (χ1) is 8.54. The lowest BCUT2D eigenvalue weighted by Crippen LogP contribution is -2.48. The number of hydrogen-bond donors (Lipinski definition) is 2. The summed E-state index contributed by atoms with van der Waals surface area (Å²) in [4.78, 5) is 23.7. The molecule has 2 unspecified atom stereocenters. The molecule has 112 valence electrons. The first kappa shape index (κ1) is 18.2. The van der Waals surface area contributed by atoms with Crippen LogP contribution in [0.1, 0.15) is 33.1 Å². The predicted molar refractivity (Wildman–Crippen MR) is 76.2 cm³/mol. The lowest BCUT2D eigenvalue weighted by Gasteiger charge is -2.25. The number of methoxy groups -OCH3 is 1. The number of carbonyl (C=O) groups excluding carboxylic acids is 2. The summed E-state index contributed by atoms with van der Waals surface area (Å²) in [6, 6.07) is -0.524. The standard InChI is InChI=1S/C13H24N2O3.ClH/c1-9(2)7-11(13(17)18-3)15-12(16)10-5-4-6-14-8-10;/h9-11,14H,4-8H2,1-3H3,(H,15,16);1H. The third-order valence-electron chi connectivity index (χ3n) is 3.18. The number of piperidine rings is 1. The largest absolute Gasteiger partial charge is 0.467 e. The van der Waals surface area contributed by atoms with Crippen LogP contribution in [0.25, 0.3) is 0 Å². The Morgan fingerprint density at radius 3 is 2.58 bits per heavy atom. The van der Waals surface area contributed by atoms with E-state index in [1.54, 1.807) is 0 Å². The smallest absolute Gasteiger partial charge is 0.328 e. The monoisotopic (exact) mass is 292 g/mol. The van der Waals surface area contributed by atoms with Crippen LogP contribution in [-0.2, 0) is 14.3 Å². The van der Waals surface area contributed by atoms with E-state index < -0.39 is 6.04 Å². The first-order valence-electron chi connectivity index (χ1n) is 6.63. The second-order valence-corrected chi connectivity index (χ2v) is 5.26. The number of halogens is 1. The maximum atomic E-state index is 12.1. The van der Waals surface area contributed by atoms with Crippen LogP contribution in [0.3, 0.4) is 0 Å². The van der Waals surface area contributed by atoms with Gasteiger partial charge in [0, 0.05) is 6.54 Å². The van der Waals surface area contributed by atoms with E-state index in [9.17, 15) is 9.59 Å². The van der Waals surface area contributed by atoms with Gasteiger partial charge in [0.2, 0.25) is 5.91 Å². The van der Waals surface area contributed by atoms with Crippen molar-refractivity contribution in [1.82, 2.24) is 10.6 Å². The Morgan fingerprint density at radius 2 is 2.11 bits per heavy atom. The molecule has 2 N–H and O–H groups in total. The van der Waals surface area contributed by atoms with E-state index in [2.05, 4.69) is 10.6 Å². The van der Waals surface area contributed by atoms with Crippen LogP contribution in [0.15, 0.2) is 0 Å². The summed E-state index contributed by atoms with van der Waals surface area (Å²) in [7, 11) is 1.35. The van der Waals surface area contributed by atoms with Crippen LogP contribution in [0.5, 0.6) is 0 Å². The maximum Gasteiger partial charge on any atom is 0.328 e. The van der Waals surface area contributed by atoms with E-state index in [1.165, 1.54) is 7.11 Å². The maximum absolute atomic E-state index is 12.1. The molecule has 0 radical (unpaired) electrons. The minimum absolute atomic E-state index is 0. The molecule has 0 aromatic heterocycles. The van der Waals surface area contributed by atoms with Gasteiger partial charge in [-0.2, -0.15) is 0 Å². The van der Waals surface area contributed by atoms with E-state index in [1.807, 2.05) is 13.8 Å². The molecule has 1 amide bonds. The topological polar surface area (TPSA) is 67.4 Å². The zero-order chi connectivity index (χ0) is 13.5. The van der Waals surface area contributed by atoms with E-state index in [0.29, 0.717) is 18.9 Å². The highest BCUT2D eigenvalue weighted by atomic mass is 35.5. The van der Waals surface area contributed by atoms with E-state index >= 15 is 0 Å². The van der Waals surface area contributed by atoms with Gasteiger partial charge < -0.3 is 15.4 Å². The van der Waals surface area contributed by atoms with Gasteiger partial charge in [-0.15, -0.1) is 12.4 Å². The highest BCUT2D eigenvalue weighted by Gasteiger charge is 2.27. The molecule has 5 nitrogen and oxygen atoms in total. The Bertz CT molecular complexity index is 292. The van der Waals surface area contributed by atoms with Crippen molar-refractivity contribution in [3.63, 3.8) is 0 Å². The highest BCUT2D eigenvalue weighted by molar-refractivity contribution is 5.86. The minimum Gasteiger partial charge on any atom is -0.467 e. The second-order valence-electron chi connectivity index (χ2n) is 5.26. The Labute approximate surface area is 121 Å². The molecular formula is C13H25ClN2O3. The van der Waals surface area contributed by atoms with Crippen LogP contribution < -0.4 is 10.6 Å². The molecule has 1 aliphatic rings. The SMILES string of the molecule is COC(=O)C(CC(C)C)NC(=O)C1CCCNC1.Cl. The molecule has 6 heteroatoms. The molecule has 0 aromatic carbocycles. The van der Waals surface area contributed by atoms with E-state index in [4.69, 9.17) is 4.74 Å². The number of esters is 1. The summed E-state index contributed by atoms with van der Waals surface area (Å²) in [5, 5.41) is 6.01. The van der Waals surface area contributed by atoms with Gasteiger partial charge >= 0.3 is 5.97 Å². The number of nitrogens with one attached hydrogen (secondary N) is 2. The molecule has 1 fully saturated rings. The van der Waals surface area contributed by atoms with Crippen LogP contribution in [-0.4, -0.2) is 38.1 Å². The molecule has 2 atom stereocenters. The zero-order valence-electron chi connectivity index (χ0n) is 11.9. The number of amides is 1. The first-order valence-corrected chi connectivity index (χ1v) is 6.63. The molecule has 1 saturated heterocycles. The summed E-state index contributed by atoms with van der Waals surface area (Å²) >= 11 is 0. The fraction of sp³-hybridized carbons (Fsp3) is 0.846. The van der Waals surface area contributed by atoms with Crippen molar-refractivity contribution in [1.29, 1.82) is 0 Å². The minimum atomic E-state index is -0.524. The number of ether oxygens (including phenoxy) is 1. The van der Waals surface area contributed by atoms with Gasteiger partial charge in [-0.25, -0.2) is 4.79 Å². The fourth-order valence-electron chi connectivity index (χ4n) is 2.19. The van der Waals surface area contributed by atoms with Gasteiger partial charge in [-0.05, 0) is 31.7 Å². The number of hydrogen-bond acceptors (Lipinski definition) is 4. The lowest BCUT2D eigenvalue weighted by molar-refractivity contribution is -0.146. The molecule has 19 heavy (non-hydrogen) atoms. The van der Waals surface area contributed by atoms with Crippen molar-refractivity contribution >= 4 is 24.3 Å². The van der Waals surface area contributed by atoms with Crippen LogP contribution in [0.2, 0.25) is 0 Å². The third kappa shape index (κ3) is 6.25. The third-order valence-corrected chi connectivity index (χ3v) is 3.18. The molecule has 0 aromatic rings. The molecule has 0 spiro atoms. The average molecular weight is 293 g/mol. The van der Waals surface area contributed by atoms with Gasteiger partial charge in [0.1, 0.15) is 6.04 Å². The van der Waals surface area contributed by atoms with Crippen molar-refractivity contribution in [3.8, 4) is 0 Å². The van der Waals surface area contributed by atoms with Crippen LogP contribution in [0.4, 0.5) is 0 Å². The van der Waals surface area contributed by atoms with Crippen molar-refractivity contribution in [2.24, 2.45) is 11.8 Å². The molecule has 0 bridgehead atoms. The molecule has 0 saturated carbocycles. The van der Waals surface area contributed by atoms with Crippen molar-refractivity contribution in [2.75, 3.05) is 20.2 Å². The van der Waals surface area contributed by atoms with Crippen molar-refractivity contribution < 1.29 is 14.3 Å². The second kappa shape index (κ2) is 9.15. The van der Waals surface area contributed by atoms with E-state index in [0.717, 1.165) is 19.4 Å². The molecular weight excluding hydrogens is 268 g/mol. The summed E-state index contributed by atoms with van der Waals surface area (Å²) in [5.41, 5.74) is 0. The van der Waals surface area contributed by atoms with Gasteiger partial charge in [0.25, 0.3) is 0 Å². The molecule has 1 heterocycles. The Hall–Kier alpha value is -0.810. The van der Waals surface area contributed by atoms with Gasteiger partial charge in [-0.1, -0.05) is 13.8 Å². The van der Waals surface area contributed by atoms with Crippen molar-refractivity contribution in [3.05, 3.63) is 0 Å². The predicted octanol–water partition coefficient (Wildman–Crippen LogP) is 1.11.